The quantitative estimate of drug-likeness (QED) is 0.823. The van der Waals surface area contributed by atoms with Gasteiger partial charge in [-0.15, -0.1) is 0 Å². The number of carboxylic acids is 1. The van der Waals surface area contributed by atoms with E-state index in [4.69, 9.17) is 9.52 Å². The third kappa shape index (κ3) is 2.02. The summed E-state index contributed by atoms with van der Waals surface area (Å²) < 4.78 is 29.0. The standard InChI is InChI=1S/C8H11NO5S/c1-5-6(8(10)11)4-7(14-5)15(12,13)9(2)3/h4H,1-3H3,(H,10,11). The maximum Gasteiger partial charge on any atom is 0.339 e. The van der Waals surface area contributed by atoms with Gasteiger partial charge in [0.05, 0.1) is 0 Å². The molecule has 84 valence electrons. The SMILES string of the molecule is Cc1oc(S(=O)(=O)N(C)C)cc1C(=O)O. The van der Waals surface area contributed by atoms with Crippen molar-refractivity contribution in [2.75, 3.05) is 14.1 Å². The van der Waals surface area contributed by atoms with E-state index in [1.165, 1.54) is 21.0 Å². The molecule has 0 spiro atoms. The van der Waals surface area contributed by atoms with Gasteiger partial charge in [0.25, 0.3) is 10.0 Å². The monoisotopic (exact) mass is 233 g/mol. The fraction of sp³-hybridized carbons (Fsp3) is 0.375. The van der Waals surface area contributed by atoms with Crippen molar-refractivity contribution in [1.29, 1.82) is 0 Å². The van der Waals surface area contributed by atoms with E-state index in [1.54, 1.807) is 0 Å². The average Bonchev–Trinajstić information content (AvgIpc) is 2.47. The van der Waals surface area contributed by atoms with E-state index < -0.39 is 16.0 Å². The van der Waals surface area contributed by atoms with Crippen LogP contribution in [0.25, 0.3) is 0 Å². The van der Waals surface area contributed by atoms with Gasteiger partial charge in [0.15, 0.2) is 0 Å². The van der Waals surface area contributed by atoms with E-state index in [0.717, 1.165) is 10.4 Å². The van der Waals surface area contributed by atoms with E-state index in [-0.39, 0.29) is 16.4 Å². The van der Waals surface area contributed by atoms with Gasteiger partial charge < -0.3 is 9.52 Å². The highest BCUT2D eigenvalue weighted by Gasteiger charge is 2.25. The number of furan rings is 1. The van der Waals surface area contributed by atoms with Gasteiger partial charge in [0, 0.05) is 20.2 Å². The number of hydrogen-bond donors (Lipinski definition) is 1. The largest absolute Gasteiger partial charge is 0.478 e. The Morgan fingerprint density at radius 2 is 2.00 bits per heavy atom. The maximum atomic E-state index is 11.6. The van der Waals surface area contributed by atoms with Crippen LogP contribution in [0.1, 0.15) is 16.1 Å². The van der Waals surface area contributed by atoms with E-state index >= 15 is 0 Å². The molecule has 0 unspecified atom stereocenters. The number of sulfonamides is 1. The summed E-state index contributed by atoms with van der Waals surface area (Å²) >= 11 is 0. The molecule has 0 aliphatic rings. The second-order valence-electron chi connectivity index (χ2n) is 3.13. The molecule has 7 heteroatoms. The number of aromatic carboxylic acids is 1. The molecule has 0 aliphatic carbocycles. The molecule has 1 aromatic heterocycles. The predicted molar refractivity (Wildman–Crippen MR) is 51.3 cm³/mol. The third-order valence-electron chi connectivity index (χ3n) is 1.86. The summed E-state index contributed by atoms with van der Waals surface area (Å²) in [6.45, 7) is 1.40. The number of nitrogens with zero attached hydrogens (tertiary/aromatic N) is 1. The summed E-state index contributed by atoms with van der Waals surface area (Å²) in [4.78, 5) is 10.7. The lowest BCUT2D eigenvalue weighted by atomic mass is 10.3. The van der Waals surface area contributed by atoms with Crippen LogP contribution < -0.4 is 0 Å². The molecule has 0 bridgehead atoms. The molecule has 0 atom stereocenters. The minimum Gasteiger partial charge on any atom is -0.478 e. The van der Waals surface area contributed by atoms with Gasteiger partial charge in [-0.3, -0.25) is 0 Å². The Labute approximate surface area is 87.2 Å². The molecule has 0 aliphatic heterocycles. The Hall–Kier alpha value is -1.34. The van der Waals surface area contributed by atoms with E-state index in [9.17, 15) is 13.2 Å². The van der Waals surface area contributed by atoms with Crippen LogP contribution in [0.2, 0.25) is 0 Å². The first kappa shape index (κ1) is 11.7. The first-order valence-electron chi connectivity index (χ1n) is 4.03. The van der Waals surface area contributed by atoms with Crippen LogP contribution in [0.15, 0.2) is 15.6 Å². The topological polar surface area (TPSA) is 87.8 Å². The van der Waals surface area contributed by atoms with Crippen molar-refractivity contribution in [3.63, 3.8) is 0 Å². The molecule has 0 saturated heterocycles. The third-order valence-corrected chi connectivity index (χ3v) is 3.53. The van der Waals surface area contributed by atoms with Crippen molar-refractivity contribution in [3.8, 4) is 0 Å². The Morgan fingerprint density at radius 1 is 1.47 bits per heavy atom. The van der Waals surface area contributed by atoms with Crippen LogP contribution in [-0.2, 0) is 10.0 Å². The van der Waals surface area contributed by atoms with Crippen molar-refractivity contribution in [2.45, 2.75) is 12.0 Å². The minimum absolute atomic E-state index is 0.0722. The van der Waals surface area contributed by atoms with Crippen LogP contribution in [-0.4, -0.2) is 37.9 Å². The van der Waals surface area contributed by atoms with E-state index in [2.05, 4.69) is 0 Å². The maximum absolute atomic E-state index is 11.6. The summed E-state index contributed by atoms with van der Waals surface area (Å²) in [7, 11) is -1.03. The average molecular weight is 233 g/mol. The Balaban J connectivity index is 3.31. The summed E-state index contributed by atoms with van der Waals surface area (Å²) in [5.41, 5.74) is -0.143. The fourth-order valence-corrected chi connectivity index (χ4v) is 1.83. The minimum atomic E-state index is -3.71. The van der Waals surface area contributed by atoms with Crippen molar-refractivity contribution in [1.82, 2.24) is 4.31 Å². The molecule has 0 fully saturated rings. The van der Waals surface area contributed by atoms with Crippen molar-refractivity contribution in [3.05, 3.63) is 17.4 Å². The molecule has 6 nitrogen and oxygen atoms in total. The first-order valence-corrected chi connectivity index (χ1v) is 5.47. The van der Waals surface area contributed by atoms with Crippen molar-refractivity contribution >= 4 is 16.0 Å². The van der Waals surface area contributed by atoms with Crippen molar-refractivity contribution in [2.24, 2.45) is 0 Å². The zero-order valence-electron chi connectivity index (χ0n) is 8.51. The second kappa shape index (κ2) is 3.67. The number of carbonyl (C=O) groups is 1. The molecule has 1 heterocycles. The molecule has 15 heavy (non-hydrogen) atoms. The van der Waals surface area contributed by atoms with Crippen LogP contribution >= 0.6 is 0 Å². The fourth-order valence-electron chi connectivity index (χ4n) is 0.974. The zero-order valence-corrected chi connectivity index (χ0v) is 9.33. The van der Waals surface area contributed by atoms with Gasteiger partial charge in [-0.1, -0.05) is 0 Å². The summed E-state index contributed by atoms with van der Waals surface area (Å²) in [5, 5.41) is 8.36. The summed E-state index contributed by atoms with van der Waals surface area (Å²) in [6, 6.07) is 1.01. The van der Waals surface area contributed by atoms with Crippen molar-refractivity contribution < 1.29 is 22.7 Å². The number of carboxylic acid groups (broad SMARTS) is 1. The normalized spacial score (nSPS) is 12.0. The van der Waals surface area contributed by atoms with Crippen LogP contribution in [0, 0.1) is 6.92 Å². The molecule has 1 N–H and O–H groups in total. The smallest absolute Gasteiger partial charge is 0.339 e. The molecule has 1 rings (SSSR count). The molecule has 0 aromatic carbocycles. The Morgan fingerprint density at radius 3 is 2.33 bits per heavy atom. The lowest BCUT2D eigenvalue weighted by molar-refractivity contribution is 0.0695. The lowest BCUT2D eigenvalue weighted by Crippen LogP contribution is -2.21. The predicted octanol–water partition coefficient (Wildman–Crippen LogP) is 0.537. The summed E-state index contributed by atoms with van der Waals surface area (Å²) in [5.74, 6) is -1.14. The van der Waals surface area contributed by atoms with Crippen LogP contribution in [0.3, 0.4) is 0 Å². The number of hydrogen-bond acceptors (Lipinski definition) is 4. The molecule has 0 saturated carbocycles. The highest BCUT2D eigenvalue weighted by Crippen LogP contribution is 2.20. The molecular formula is C8H11NO5S. The Bertz CT molecular complexity index is 485. The zero-order chi connectivity index (χ0) is 11.8. The van der Waals surface area contributed by atoms with Gasteiger partial charge in [-0.05, 0) is 6.92 Å². The highest BCUT2D eigenvalue weighted by molar-refractivity contribution is 7.88. The molecule has 1 aromatic rings. The van der Waals surface area contributed by atoms with Gasteiger partial charge in [-0.2, -0.15) is 0 Å². The van der Waals surface area contributed by atoms with Gasteiger partial charge in [-0.25, -0.2) is 17.5 Å². The van der Waals surface area contributed by atoms with E-state index in [1.807, 2.05) is 0 Å². The second-order valence-corrected chi connectivity index (χ2v) is 5.21. The first-order chi connectivity index (χ1) is 6.76. The van der Waals surface area contributed by atoms with Gasteiger partial charge in [0.1, 0.15) is 11.3 Å². The van der Waals surface area contributed by atoms with E-state index in [0.29, 0.717) is 0 Å². The number of rotatable bonds is 3. The highest BCUT2D eigenvalue weighted by atomic mass is 32.2. The Kier molecular flexibility index (Phi) is 2.87. The molecular weight excluding hydrogens is 222 g/mol. The summed E-state index contributed by atoms with van der Waals surface area (Å²) in [6.07, 6.45) is 0. The number of aryl methyl sites for hydroxylation is 1. The van der Waals surface area contributed by atoms with Gasteiger partial charge >= 0.3 is 5.97 Å². The molecule has 0 radical (unpaired) electrons. The lowest BCUT2D eigenvalue weighted by Gasteiger charge is -2.07. The molecule has 0 amide bonds. The van der Waals surface area contributed by atoms with Crippen LogP contribution in [0.4, 0.5) is 0 Å². The van der Waals surface area contributed by atoms with Gasteiger partial charge in [0.2, 0.25) is 5.09 Å². The van der Waals surface area contributed by atoms with Crippen LogP contribution in [0.5, 0.6) is 0 Å².